The highest BCUT2D eigenvalue weighted by Gasteiger charge is 2.24. The molecule has 7 heteroatoms. The number of carbonyl (C=O) groups is 2. The van der Waals surface area contributed by atoms with Crippen LogP contribution in [0.3, 0.4) is 0 Å². The van der Waals surface area contributed by atoms with E-state index in [1.807, 2.05) is 24.3 Å². The van der Waals surface area contributed by atoms with Gasteiger partial charge in [-0.3, -0.25) is 0 Å². The fourth-order valence-corrected chi connectivity index (χ4v) is 2.68. The molecule has 0 fully saturated rings. The molecule has 0 amide bonds. The van der Waals surface area contributed by atoms with Crippen molar-refractivity contribution in [1.29, 1.82) is 0 Å². The van der Waals surface area contributed by atoms with Gasteiger partial charge in [-0.25, -0.2) is 14.6 Å². The quantitative estimate of drug-likeness (QED) is 0.362. The molecule has 0 aliphatic carbocycles. The molecule has 6 nitrogen and oxygen atoms in total. The van der Waals surface area contributed by atoms with Crippen LogP contribution in [0, 0.1) is 3.57 Å². The van der Waals surface area contributed by atoms with E-state index >= 15 is 0 Å². The molecule has 0 aromatic heterocycles. The van der Waals surface area contributed by atoms with Crippen LogP contribution in [0.25, 0.3) is 6.08 Å². The smallest absolute Gasteiger partial charge is 0.363 e. The summed E-state index contributed by atoms with van der Waals surface area (Å²) in [6.45, 7) is 1.86. The third-order valence-electron chi connectivity index (χ3n) is 3.54. The van der Waals surface area contributed by atoms with E-state index < -0.39 is 11.9 Å². The summed E-state index contributed by atoms with van der Waals surface area (Å²) in [5, 5.41) is 0. The minimum absolute atomic E-state index is 0.176. The molecule has 2 aromatic rings. The minimum Gasteiger partial charge on any atom is -0.482 e. The van der Waals surface area contributed by atoms with E-state index in [-0.39, 0.29) is 18.2 Å². The van der Waals surface area contributed by atoms with Gasteiger partial charge in [-0.2, -0.15) is 0 Å². The number of esters is 2. The number of hydrogen-bond acceptors (Lipinski definition) is 6. The van der Waals surface area contributed by atoms with E-state index in [0.717, 1.165) is 9.13 Å². The van der Waals surface area contributed by atoms with E-state index in [0.29, 0.717) is 17.9 Å². The largest absolute Gasteiger partial charge is 0.482 e. The molecular weight excluding hydrogens is 461 g/mol. The monoisotopic (exact) mass is 477 g/mol. The van der Waals surface area contributed by atoms with Crippen molar-refractivity contribution in [3.8, 4) is 5.75 Å². The average Bonchev–Trinajstić information content (AvgIpc) is 3.02. The van der Waals surface area contributed by atoms with Gasteiger partial charge in [-0.05, 0) is 77.6 Å². The molecule has 0 bridgehead atoms. The van der Waals surface area contributed by atoms with Crippen molar-refractivity contribution >= 4 is 46.5 Å². The number of nitrogens with zero attached hydrogens (tertiary/aromatic N) is 1. The van der Waals surface area contributed by atoms with Gasteiger partial charge in [0.2, 0.25) is 5.90 Å². The number of halogens is 1. The Kier molecular flexibility index (Phi) is 6.23. The first-order chi connectivity index (χ1) is 13.0. The fourth-order valence-electron chi connectivity index (χ4n) is 2.32. The zero-order chi connectivity index (χ0) is 19.2. The van der Waals surface area contributed by atoms with Gasteiger partial charge in [-0.15, -0.1) is 0 Å². The third kappa shape index (κ3) is 5.16. The summed E-state index contributed by atoms with van der Waals surface area (Å²) in [4.78, 5) is 27.8. The summed E-state index contributed by atoms with van der Waals surface area (Å²) in [5.74, 6) is -0.184. The Labute approximate surface area is 170 Å². The standard InChI is InChI=1S/C20H16INO5/c1-2-25-18(23)12-26-16-5-3-4-13(10-16)11-17-20(24)27-19(22-17)14-6-8-15(21)9-7-14/h3-11H,2,12H2,1H3/b17-11-. The Morgan fingerprint density at radius 1 is 1.22 bits per heavy atom. The first-order valence-corrected chi connectivity index (χ1v) is 9.30. The highest BCUT2D eigenvalue weighted by molar-refractivity contribution is 14.1. The lowest BCUT2D eigenvalue weighted by atomic mass is 10.2. The number of rotatable bonds is 6. The normalized spacial score (nSPS) is 14.7. The molecule has 1 heterocycles. The first-order valence-electron chi connectivity index (χ1n) is 8.22. The van der Waals surface area contributed by atoms with Crippen molar-refractivity contribution in [2.75, 3.05) is 13.2 Å². The molecule has 138 valence electrons. The Morgan fingerprint density at radius 3 is 2.74 bits per heavy atom. The SMILES string of the molecule is CCOC(=O)COc1cccc(/C=C2\N=C(c3ccc(I)cc3)OC2=O)c1. The van der Waals surface area contributed by atoms with Gasteiger partial charge in [-0.1, -0.05) is 12.1 Å². The molecule has 0 unspecified atom stereocenters. The van der Waals surface area contributed by atoms with E-state index in [2.05, 4.69) is 27.6 Å². The predicted molar refractivity (Wildman–Crippen MR) is 108 cm³/mol. The molecule has 3 rings (SSSR count). The second-order valence-electron chi connectivity index (χ2n) is 5.51. The van der Waals surface area contributed by atoms with Gasteiger partial charge in [0, 0.05) is 9.13 Å². The van der Waals surface area contributed by atoms with Gasteiger partial charge in [0.25, 0.3) is 0 Å². The number of hydrogen-bond donors (Lipinski definition) is 0. The van der Waals surface area contributed by atoms with Crippen LogP contribution >= 0.6 is 22.6 Å². The van der Waals surface area contributed by atoms with Crippen LogP contribution in [0.1, 0.15) is 18.1 Å². The molecule has 1 aliphatic heterocycles. The van der Waals surface area contributed by atoms with E-state index in [1.165, 1.54) is 0 Å². The van der Waals surface area contributed by atoms with Crippen molar-refractivity contribution in [3.05, 3.63) is 68.9 Å². The van der Waals surface area contributed by atoms with Crippen molar-refractivity contribution in [3.63, 3.8) is 0 Å². The Bertz CT molecular complexity index is 918. The highest BCUT2D eigenvalue weighted by Crippen LogP contribution is 2.21. The van der Waals surface area contributed by atoms with Crippen LogP contribution in [0.15, 0.2) is 59.2 Å². The van der Waals surface area contributed by atoms with Gasteiger partial charge >= 0.3 is 11.9 Å². The molecule has 0 saturated carbocycles. The number of benzene rings is 2. The van der Waals surface area contributed by atoms with E-state index in [9.17, 15) is 9.59 Å². The van der Waals surface area contributed by atoms with Crippen LogP contribution < -0.4 is 4.74 Å². The van der Waals surface area contributed by atoms with Crippen LogP contribution in [0.5, 0.6) is 5.75 Å². The molecule has 1 aliphatic rings. The average molecular weight is 477 g/mol. The maximum absolute atomic E-state index is 12.1. The van der Waals surface area contributed by atoms with Crippen LogP contribution in [-0.4, -0.2) is 31.1 Å². The number of ether oxygens (including phenoxy) is 3. The summed E-state index contributed by atoms with van der Waals surface area (Å²) < 4.78 is 16.6. The zero-order valence-corrected chi connectivity index (χ0v) is 16.6. The Hall–Kier alpha value is -2.68. The second-order valence-corrected chi connectivity index (χ2v) is 6.75. The van der Waals surface area contributed by atoms with Gasteiger partial charge < -0.3 is 14.2 Å². The van der Waals surface area contributed by atoms with Crippen LogP contribution in [0.2, 0.25) is 0 Å². The van der Waals surface area contributed by atoms with Crippen LogP contribution in [0.4, 0.5) is 0 Å². The second kappa shape index (κ2) is 8.81. The Morgan fingerprint density at radius 2 is 2.00 bits per heavy atom. The van der Waals surface area contributed by atoms with E-state index in [1.54, 1.807) is 37.3 Å². The fraction of sp³-hybridized carbons (Fsp3) is 0.150. The lowest BCUT2D eigenvalue weighted by molar-refractivity contribution is -0.145. The molecule has 27 heavy (non-hydrogen) atoms. The molecule has 0 N–H and O–H groups in total. The first kappa shape index (κ1) is 19.1. The minimum atomic E-state index is -0.513. The topological polar surface area (TPSA) is 74.2 Å². The molecule has 2 aromatic carbocycles. The lowest BCUT2D eigenvalue weighted by Crippen LogP contribution is -2.14. The summed E-state index contributed by atoms with van der Waals surface area (Å²) in [5.41, 5.74) is 1.64. The summed E-state index contributed by atoms with van der Waals surface area (Å²) in [7, 11) is 0. The maximum Gasteiger partial charge on any atom is 0.363 e. The van der Waals surface area contributed by atoms with E-state index in [4.69, 9.17) is 14.2 Å². The molecule has 0 radical (unpaired) electrons. The Balaban J connectivity index is 1.75. The van der Waals surface area contributed by atoms with Crippen molar-refractivity contribution in [2.24, 2.45) is 4.99 Å². The van der Waals surface area contributed by atoms with Crippen molar-refractivity contribution in [1.82, 2.24) is 0 Å². The summed E-state index contributed by atoms with van der Waals surface area (Å²) in [6, 6.07) is 14.5. The van der Waals surface area contributed by atoms with Crippen molar-refractivity contribution in [2.45, 2.75) is 6.92 Å². The van der Waals surface area contributed by atoms with Crippen molar-refractivity contribution < 1.29 is 23.8 Å². The highest BCUT2D eigenvalue weighted by atomic mass is 127. The third-order valence-corrected chi connectivity index (χ3v) is 4.25. The number of cyclic esters (lactones) is 1. The van der Waals surface area contributed by atoms with Gasteiger partial charge in [0.1, 0.15) is 5.75 Å². The maximum atomic E-state index is 12.1. The number of carbonyl (C=O) groups excluding carboxylic acids is 2. The summed E-state index contributed by atoms with van der Waals surface area (Å²) in [6.07, 6.45) is 1.61. The molecule has 0 spiro atoms. The number of aliphatic imine (C=N–C) groups is 1. The molecule has 0 atom stereocenters. The molecular formula is C20H16INO5. The van der Waals surface area contributed by atoms with Gasteiger partial charge in [0.05, 0.1) is 6.61 Å². The predicted octanol–water partition coefficient (Wildman–Crippen LogP) is 3.58. The van der Waals surface area contributed by atoms with Gasteiger partial charge in [0.15, 0.2) is 12.3 Å². The summed E-state index contributed by atoms with van der Waals surface area (Å²) >= 11 is 2.20. The lowest BCUT2D eigenvalue weighted by Gasteiger charge is -2.06. The zero-order valence-electron chi connectivity index (χ0n) is 14.5. The molecule has 0 saturated heterocycles. The van der Waals surface area contributed by atoms with Crippen LogP contribution in [-0.2, 0) is 19.1 Å².